The maximum atomic E-state index is 10.7. The molecule has 1 aromatic carbocycles. The van der Waals surface area contributed by atoms with Crippen LogP contribution >= 0.6 is 0 Å². The Hall–Kier alpha value is -2.04. The molecule has 1 aromatic rings. The van der Waals surface area contributed by atoms with Gasteiger partial charge in [0, 0.05) is 12.5 Å². The van der Waals surface area contributed by atoms with E-state index in [0.29, 0.717) is 17.9 Å². The van der Waals surface area contributed by atoms with E-state index in [1.54, 1.807) is 32.2 Å². The molecule has 0 bridgehead atoms. The van der Waals surface area contributed by atoms with E-state index < -0.39 is 0 Å². The third kappa shape index (κ3) is 3.21. The van der Waals surface area contributed by atoms with Crippen LogP contribution in [-0.2, 0) is 0 Å². The Balaban J connectivity index is 3.11. The summed E-state index contributed by atoms with van der Waals surface area (Å²) in [6.07, 6.45) is 1.91. The molecule has 0 aromatic heterocycles. The van der Waals surface area contributed by atoms with Gasteiger partial charge in [-0.3, -0.25) is 10.1 Å². The predicted molar refractivity (Wildman–Crippen MR) is 64.8 cm³/mol. The number of rotatable bonds is 5. The summed E-state index contributed by atoms with van der Waals surface area (Å²) in [6.45, 7) is 1.75. The average molecular weight is 237 g/mol. The number of hydrogen-bond acceptors (Lipinski definition) is 4. The lowest BCUT2D eigenvalue weighted by atomic mass is 10.1. The molecule has 0 unspecified atom stereocenters. The van der Waals surface area contributed by atoms with Crippen molar-refractivity contribution in [3.05, 3.63) is 39.6 Å². The molecule has 1 rings (SSSR count). The number of benzene rings is 1. The van der Waals surface area contributed by atoms with Crippen LogP contribution in [0.2, 0.25) is 0 Å². The Morgan fingerprint density at radius 2 is 2.00 bits per heavy atom. The second kappa shape index (κ2) is 5.89. The maximum Gasteiger partial charge on any atom is 0.246 e. The van der Waals surface area contributed by atoms with Crippen LogP contribution in [0.1, 0.15) is 18.9 Å². The molecule has 5 heteroatoms. The molecular weight excluding hydrogens is 222 g/mol. The normalized spacial score (nSPS) is 11.1. The number of nitrogens with zero attached hydrogens (tertiary/aromatic N) is 1. The molecule has 0 amide bonds. The molecular formula is C12H15NO4. The van der Waals surface area contributed by atoms with Crippen molar-refractivity contribution in [2.24, 2.45) is 0 Å². The van der Waals surface area contributed by atoms with Crippen molar-refractivity contribution in [3.8, 4) is 11.5 Å². The van der Waals surface area contributed by atoms with Gasteiger partial charge in [0.05, 0.1) is 19.1 Å². The van der Waals surface area contributed by atoms with Crippen LogP contribution in [0.25, 0.3) is 6.08 Å². The number of allylic oxidation sites excluding steroid dienone is 1. The molecule has 0 aliphatic rings. The minimum absolute atomic E-state index is 0.164. The number of methoxy groups -OCH3 is 2. The van der Waals surface area contributed by atoms with Crippen molar-refractivity contribution >= 4 is 6.08 Å². The van der Waals surface area contributed by atoms with Crippen LogP contribution < -0.4 is 9.47 Å². The molecule has 17 heavy (non-hydrogen) atoms. The fourth-order valence-corrected chi connectivity index (χ4v) is 1.42. The van der Waals surface area contributed by atoms with Crippen molar-refractivity contribution in [1.82, 2.24) is 0 Å². The predicted octanol–water partition coefficient (Wildman–Crippen LogP) is 2.73. The smallest absolute Gasteiger partial charge is 0.246 e. The molecule has 0 fully saturated rings. The van der Waals surface area contributed by atoms with E-state index in [2.05, 4.69) is 0 Å². The van der Waals surface area contributed by atoms with Crippen LogP contribution in [0.4, 0.5) is 0 Å². The fraction of sp³-hybridized carbons (Fsp3) is 0.333. The van der Waals surface area contributed by atoms with E-state index in [9.17, 15) is 10.1 Å². The summed E-state index contributed by atoms with van der Waals surface area (Å²) in [5.41, 5.74) is 0.883. The maximum absolute atomic E-state index is 10.7. The van der Waals surface area contributed by atoms with Gasteiger partial charge in [-0.1, -0.05) is 13.0 Å². The topological polar surface area (TPSA) is 61.6 Å². The van der Waals surface area contributed by atoms with Gasteiger partial charge in [0.25, 0.3) is 0 Å². The minimum atomic E-state index is -0.378. The first kappa shape index (κ1) is 13.0. The van der Waals surface area contributed by atoms with Crippen molar-refractivity contribution in [3.63, 3.8) is 0 Å². The summed E-state index contributed by atoms with van der Waals surface area (Å²) in [5.74, 6) is 1.16. The molecule has 0 aliphatic heterocycles. The number of hydrogen-bond donors (Lipinski definition) is 0. The van der Waals surface area contributed by atoms with Crippen LogP contribution in [0.15, 0.2) is 23.9 Å². The van der Waals surface area contributed by atoms with Gasteiger partial charge in [0.15, 0.2) is 11.5 Å². The lowest BCUT2D eigenvalue weighted by Crippen LogP contribution is -1.97. The van der Waals surface area contributed by atoms with Crippen molar-refractivity contribution < 1.29 is 14.4 Å². The lowest BCUT2D eigenvalue weighted by molar-refractivity contribution is -0.425. The highest BCUT2D eigenvalue weighted by Gasteiger charge is 2.09. The van der Waals surface area contributed by atoms with Gasteiger partial charge in [-0.15, -0.1) is 0 Å². The number of ether oxygens (including phenoxy) is 2. The highest BCUT2D eigenvalue weighted by molar-refractivity contribution is 5.56. The van der Waals surface area contributed by atoms with Gasteiger partial charge in [-0.05, 0) is 17.7 Å². The average Bonchev–Trinajstić information content (AvgIpc) is 2.35. The third-order valence-corrected chi connectivity index (χ3v) is 2.34. The van der Waals surface area contributed by atoms with E-state index in [-0.39, 0.29) is 10.6 Å². The van der Waals surface area contributed by atoms with Crippen LogP contribution in [0.5, 0.6) is 11.5 Å². The van der Waals surface area contributed by atoms with E-state index in [0.717, 1.165) is 5.56 Å². The zero-order valence-electron chi connectivity index (χ0n) is 10.1. The largest absolute Gasteiger partial charge is 0.493 e. The summed E-state index contributed by atoms with van der Waals surface area (Å²) in [7, 11) is 3.07. The molecule has 0 N–H and O–H groups in total. The standard InChI is InChI=1S/C12H15NO4/c1-4-10(13(14)15)7-9-5-6-11(16-2)12(8-9)17-3/h5-8H,4H2,1-3H3/b10-7+. The Bertz CT molecular complexity index is 440. The van der Waals surface area contributed by atoms with Crippen LogP contribution in [0.3, 0.4) is 0 Å². The van der Waals surface area contributed by atoms with Crippen molar-refractivity contribution in [1.29, 1.82) is 0 Å². The SMILES string of the molecule is CC/C(=C\c1ccc(OC)c(OC)c1)[N+](=O)[O-]. The third-order valence-electron chi connectivity index (χ3n) is 2.34. The summed E-state index contributed by atoms with van der Waals surface area (Å²) >= 11 is 0. The summed E-state index contributed by atoms with van der Waals surface area (Å²) in [5, 5.41) is 10.7. The molecule has 0 saturated carbocycles. The highest BCUT2D eigenvalue weighted by atomic mass is 16.6. The zero-order chi connectivity index (χ0) is 12.8. The fourth-order valence-electron chi connectivity index (χ4n) is 1.42. The Morgan fingerprint density at radius 1 is 1.35 bits per heavy atom. The van der Waals surface area contributed by atoms with Gasteiger partial charge in [0.2, 0.25) is 5.70 Å². The summed E-state index contributed by atoms with van der Waals surface area (Å²) in [4.78, 5) is 10.3. The second-order valence-corrected chi connectivity index (χ2v) is 3.36. The quantitative estimate of drug-likeness (QED) is 0.583. The molecule has 0 spiro atoms. The van der Waals surface area contributed by atoms with Crippen LogP contribution in [-0.4, -0.2) is 19.1 Å². The molecule has 0 radical (unpaired) electrons. The van der Waals surface area contributed by atoms with Gasteiger partial charge in [-0.25, -0.2) is 0 Å². The molecule has 0 saturated heterocycles. The van der Waals surface area contributed by atoms with E-state index in [1.807, 2.05) is 0 Å². The summed E-state index contributed by atoms with van der Waals surface area (Å²) in [6, 6.07) is 5.18. The first-order valence-corrected chi connectivity index (χ1v) is 5.19. The van der Waals surface area contributed by atoms with Gasteiger partial charge in [0.1, 0.15) is 0 Å². The first-order valence-electron chi connectivity index (χ1n) is 5.19. The van der Waals surface area contributed by atoms with E-state index in [4.69, 9.17) is 9.47 Å². The zero-order valence-corrected chi connectivity index (χ0v) is 10.1. The molecule has 0 atom stereocenters. The minimum Gasteiger partial charge on any atom is -0.493 e. The Kier molecular flexibility index (Phi) is 4.51. The summed E-state index contributed by atoms with van der Waals surface area (Å²) < 4.78 is 10.2. The monoisotopic (exact) mass is 237 g/mol. The van der Waals surface area contributed by atoms with Crippen LogP contribution in [0, 0.1) is 10.1 Å². The molecule has 0 aliphatic carbocycles. The molecule has 92 valence electrons. The van der Waals surface area contributed by atoms with E-state index >= 15 is 0 Å². The highest BCUT2D eigenvalue weighted by Crippen LogP contribution is 2.28. The molecule has 5 nitrogen and oxygen atoms in total. The second-order valence-electron chi connectivity index (χ2n) is 3.36. The first-order chi connectivity index (χ1) is 8.12. The number of nitro groups is 1. The van der Waals surface area contributed by atoms with E-state index in [1.165, 1.54) is 13.2 Å². The van der Waals surface area contributed by atoms with Gasteiger partial charge >= 0.3 is 0 Å². The van der Waals surface area contributed by atoms with Crippen molar-refractivity contribution in [2.75, 3.05) is 14.2 Å². The molecule has 0 heterocycles. The Morgan fingerprint density at radius 3 is 2.47 bits per heavy atom. The van der Waals surface area contributed by atoms with Gasteiger partial charge in [-0.2, -0.15) is 0 Å². The van der Waals surface area contributed by atoms with Crippen molar-refractivity contribution in [2.45, 2.75) is 13.3 Å². The lowest BCUT2D eigenvalue weighted by Gasteiger charge is -2.07. The Labute approximate surface area is 99.8 Å². The van der Waals surface area contributed by atoms with Gasteiger partial charge < -0.3 is 9.47 Å².